The molecule has 13 heteroatoms. The number of nitro groups is 1. The Morgan fingerprint density at radius 2 is 1.76 bits per heavy atom. The largest absolute Gasteiger partial charge is 0.417 e. The Balaban J connectivity index is 1.77. The Labute approximate surface area is 201 Å². The highest BCUT2D eigenvalue weighted by Gasteiger charge is 2.32. The number of benzene rings is 2. The van der Waals surface area contributed by atoms with Crippen LogP contribution in [0.25, 0.3) is 0 Å². The number of hydrogen-bond acceptors (Lipinski definition) is 7. The average molecular weight is 530 g/mol. The summed E-state index contributed by atoms with van der Waals surface area (Å²) in [4.78, 5) is 14.5. The van der Waals surface area contributed by atoms with Gasteiger partial charge in [0.05, 0.1) is 26.6 Å². The third-order valence-electron chi connectivity index (χ3n) is 4.35. The molecule has 34 heavy (non-hydrogen) atoms. The van der Waals surface area contributed by atoms with Crippen LogP contribution in [0, 0.1) is 17.0 Å². The lowest BCUT2D eigenvalue weighted by molar-refractivity contribution is -0.411. The molecule has 7 nitrogen and oxygen atoms in total. The number of nitrogens with zero attached hydrogens (tertiary/aromatic N) is 2. The fourth-order valence-corrected chi connectivity index (χ4v) is 4.78. The molecule has 0 aliphatic carbocycles. The molecule has 1 heterocycles. The molecule has 1 N–H and O–H groups in total. The zero-order valence-electron chi connectivity index (χ0n) is 17.2. The summed E-state index contributed by atoms with van der Waals surface area (Å²) >= 11 is 6.93. The fraction of sp³-hybridized carbons (Fsp3) is 0.0952. The Morgan fingerprint density at radius 3 is 2.29 bits per heavy atom. The molecule has 0 bridgehead atoms. The highest BCUT2D eigenvalue weighted by Crippen LogP contribution is 2.36. The van der Waals surface area contributed by atoms with Gasteiger partial charge in [-0.2, -0.15) is 13.2 Å². The summed E-state index contributed by atoms with van der Waals surface area (Å²) in [6.07, 6.45) is -3.09. The second kappa shape index (κ2) is 10.0. The molecular formula is C21H15ClF3N3O4S2. The van der Waals surface area contributed by atoms with Gasteiger partial charge >= 0.3 is 11.2 Å². The topological polar surface area (TPSA) is 102 Å². The van der Waals surface area contributed by atoms with Crippen molar-refractivity contribution in [1.82, 2.24) is 4.98 Å². The van der Waals surface area contributed by atoms with Crippen molar-refractivity contribution in [2.45, 2.75) is 27.9 Å². The Hall–Kier alpha value is -3.09. The molecular weight excluding hydrogens is 515 g/mol. The highest BCUT2D eigenvalue weighted by atomic mass is 35.5. The van der Waals surface area contributed by atoms with E-state index in [2.05, 4.69) is 10.3 Å². The first-order valence-corrected chi connectivity index (χ1v) is 12.0. The van der Waals surface area contributed by atoms with Crippen LogP contribution in [-0.2, 0) is 16.0 Å². The van der Waals surface area contributed by atoms with Gasteiger partial charge in [0.1, 0.15) is 5.03 Å². The van der Waals surface area contributed by atoms with E-state index in [1.165, 1.54) is 36.4 Å². The van der Waals surface area contributed by atoms with Crippen LogP contribution in [0.5, 0.6) is 0 Å². The van der Waals surface area contributed by atoms with Gasteiger partial charge in [0.2, 0.25) is 0 Å². The first-order valence-electron chi connectivity index (χ1n) is 9.31. The minimum Gasteiger partial charge on any atom is -0.355 e. The minimum absolute atomic E-state index is 0.162. The number of nitrogens with one attached hydrogen (secondary N) is 1. The van der Waals surface area contributed by atoms with Crippen molar-refractivity contribution in [3.05, 3.63) is 98.3 Å². The summed E-state index contributed by atoms with van der Waals surface area (Å²) in [6.45, 7) is 1.76. The number of halogens is 4. The van der Waals surface area contributed by atoms with Crippen LogP contribution >= 0.6 is 23.4 Å². The van der Waals surface area contributed by atoms with E-state index in [0.717, 1.165) is 29.6 Å². The normalized spacial score (nSPS) is 12.4. The van der Waals surface area contributed by atoms with Crippen molar-refractivity contribution in [1.29, 1.82) is 0 Å². The van der Waals surface area contributed by atoms with Crippen LogP contribution < -0.4 is 5.32 Å². The monoisotopic (exact) mass is 529 g/mol. The molecule has 0 aliphatic heterocycles. The maximum Gasteiger partial charge on any atom is 0.417 e. The van der Waals surface area contributed by atoms with E-state index in [-0.39, 0.29) is 14.9 Å². The first-order chi connectivity index (χ1) is 15.9. The van der Waals surface area contributed by atoms with Crippen LogP contribution in [0.3, 0.4) is 0 Å². The standard InChI is InChI=1S/C21H15ClF3N3O4S2/c1-13-2-8-17(9-3-13)34(31,32)19(28(29)30)12-26-15-4-6-16(7-5-15)33-20-18(22)10-14(11-27-20)21(23,24)25/h2-12,26H,1H3/b19-12-. The van der Waals surface area contributed by atoms with Crippen molar-refractivity contribution < 1.29 is 26.5 Å². The van der Waals surface area contributed by atoms with Crippen molar-refractivity contribution in [2.75, 3.05) is 5.32 Å². The molecule has 0 amide bonds. The lowest BCUT2D eigenvalue weighted by Gasteiger charge is -2.09. The summed E-state index contributed by atoms with van der Waals surface area (Å²) in [5, 5.41) is 13.0. The van der Waals surface area contributed by atoms with E-state index in [0.29, 0.717) is 16.8 Å². The van der Waals surface area contributed by atoms with Gasteiger partial charge in [0.15, 0.2) is 0 Å². The number of sulfone groups is 1. The summed E-state index contributed by atoms with van der Waals surface area (Å²) in [5.41, 5.74) is 0.180. The van der Waals surface area contributed by atoms with Crippen molar-refractivity contribution in [2.24, 2.45) is 0 Å². The number of aryl methyl sites for hydroxylation is 1. The van der Waals surface area contributed by atoms with Crippen molar-refractivity contribution >= 4 is 38.9 Å². The lowest BCUT2D eigenvalue weighted by Crippen LogP contribution is -2.14. The van der Waals surface area contributed by atoms with Crippen LogP contribution in [0.1, 0.15) is 11.1 Å². The number of alkyl halides is 3. The molecule has 178 valence electrons. The molecule has 0 saturated heterocycles. The predicted molar refractivity (Wildman–Crippen MR) is 122 cm³/mol. The van der Waals surface area contributed by atoms with E-state index in [9.17, 15) is 31.7 Å². The first kappa shape index (κ1) is 25.5. The van der Waals surface area contributed by atoms with E-state index in [1.807, 2.05) is 0 Å². The van der Waals surface area contributed by atoms with E-state index >= 15 is 0 Å². The summed E-state index contributed by atoms with van der Waals surface area (Å²) in [7, 11) is -4.36. The summed E-state index contributed by atoms with van der Waals surface area (Å²) in [6, 6.07) is 12.6. The zero-order valence-corrected chi connectivity index (χ0v) is 19.6. The maximum absolute atomic E-state index is 12.7. The molecule has 0 radical (unpaired) electrons. The molecule has 1 aromatic heterocycles. The molecule has 0 aliphatic rings. The Morgan fingerprint density at radius 1 is 1.15 bits per heavy atom. The Kier molecular flexibility index (Phi) is 7.54. The molecule has 2 aromatic carbocycles. The fourth-order valence-electron chi connectivity index (χ4n) is 2.60. The van der Waals surface area contributed by atoms with Crippen LogP contribution in [0.2, 0.25) is 5.02 Å². The SMILES string of the molecule is Cc1ccc(S(=O)(=O)/C(=C\Nc2ccc(Sc3ncc(C(F)(F)F)cc3Cl)cc2)[N+](=O)[O-])cc1. The molecule has 3 rings (SSSR count). The number of pyridine rings is 1. The number of hydrogen-bond donors (Lipinski definition) is 1. The molecule has 0 saturated carbocycles. The van der Waals surface area contributed by atoms with Gasteiger partial charge in [-0.3, -0.25) is 10.1 Å². The van der Waals surface area contributed by atoms with Gasteiger partial charge < -0.3 is 5.32 Å². The lowest BCUT2D eigenvalue weighted by atomic mass is 10.2. The van der Waals surface area contributed by atoms with Crippen molar-refractivity contribution in [3.63, 3.8) is 0 Å². The summed E-state index contributed by atoms with van der Waals surface area (Å²) in [5.74, 6) is 0. The number of aromatic nitrogens is 1. The number of rotatable bonds is 7. The van der Waals surface area contributed by atoms with E-state index in [1.54, 1.807) is 19.1 Å². The Bertz CT molecular complexity index is 1350. The van der Waals surface area contributed by atoms with Gasteiger partial charge in [-0.15, -0.1) is 0 Å². The average Bonchev–Trinajstić information content (AvgIpc) is 2.75. The second-order valence-corrected chi connectivity index (χ2v) is 10.2. The quantitative estimate of drug-likeness (QED) is 0.288. The highest BCUT2D eigenvalue weighted by molar-refractivity contribution is 7.99. The summed E-state index contributed by atoms with van der Waals surface area (Å²) < 4.78 is 63.5. The van der Waals surface area contributed by atoms with E-state index in [4.69, 9.17) is 11.6 Å². The zero-order chi connectivity index (χ0) is 25.1. The molecule has 0 unspecified atom stereocenters. The van der Waals surface area contributed by atoms with Crippen LogP contribution in [0.4, 0.5) is 18.9 Å². The molecule has 3 aromatic rings. The number of anilines is 1. The molecule has 0 atom stereocenters. The van der Waals surface area contributed by atoms with Gasteiger partial charge in [0, 0.05) is 16.8 Å². The third kappa shape index (κ3) is 6.07. The predicted octanol–water partition coefficient (Wildman–Crippen LogP) is 6.17. The minimum atomic E-state index is -4.56. The van der Waals surface area contributed by atoms with Gasteiger partial charge in [-0.25, -0.2) is 13.4 Å². The van der Waals surface area contributed by atoms with E-state index < -0.39 is 31.5 Å². The van der Waals surface area contributed by atoms with Crippen molar-refractivity contribution in [3.8, 4) is 0 Å². The third-order valence-corrected chi connectivity index (χ3v) is 7.49. The second-order valence-electron chi connectivity index (χ2n) is 6.84. The van der Waals surface area contributed by atoms with Gasteiger partial charge in [0.25, 0.3) is 9.84 Å². The molecule has 0 spiro atoms. The maximum atomic E-state index is 12.7. The molecule has 0 fully saturated rings. The van der Waals surface area contributed by atoms with Gasteiger partial charge in [-0.05, 0) is 49.4 Å². The smallest absolute Gasteiger partial charge is 0.355 e. The van der Waals surface area contributed by atoms with Crippen LogP contribution in [0.15, 0.2) is 86.8 Å². The van der Waals surface area contributed by atoms with Crippen LogP contribution in [-0.4, -0.2) is 18.3 Å². The van der Waals surface area contributed by atoms with Gasteiger partial charge in [-0.1, -0.05) is 41.1 Å².